The molecule has 0 aliphatic heterocycles. The van der Waals surface area contributed by atoms with E-state index >= 15 is 0 Å². The summed E-state index contributed by atoms with van der Waals surface area (Å²) in [6.45, 7) is 5.32. The molecule has 2 rings (SSSR count). The lowest BCUT2D eigenvalue weighted by Gasteiger charge is -2.28. The number of ketones is 2. The lowest BCUT2D eigenvalue weighted by molar-refractivity contribution is -0.121. The summed E-state index contributed by atoms with van der Waals surface area (Å²) >= 11 is 3.38. The standard InChI is InChI=1S/C20H25BrN2O4/c1-20(2,3)27-19(26)23(4)22-15-9-6-10-16(24)18(15)17(25)12-13-7-5-8-14(21)11-13/h5,7-8,11,22H,6,9-10,12H2,1-4H3. The number of hydrogen-bond acceptors (Lipinski definition) is 5. The van der Waals surface area contributed by atoms with Crippen LogP contribution in [0, 0.1) is 0 Å². The number of hydrazine groups is 1. The van der Waals surface area contributed by atoms with Crippen molar-refractivity contribution in [2.45, 2.75) is 52.1 Å². The number of halogens is 1. The number of hydrogen-bond donors (Lipinski definition) is 1. The highest BCUT2D eigenvalue weighted by Crippen LogP contribution is 2.23. The molecule has 1 aliphatic rings. The Labute approximate surface area is 168 Å². The highest BCUT2D eigenvalue weighted by Gasteiger charge is 2.28. The fourth-order valence-electron chi connectivity index (χ4n) is 2.78. The predicted molar refractivity (Wildman–Crippen MR) is 106 cm³/mol. The second-order valence-electron chi connectivity index (χ2n) is 7.51. The van der Waals surface area contributed by atoms with Gasteiger partial charge in [-0.25, -0.2) is 9.80 Å². The molecule has 0 spiro atoms. The minimum atomic E-state index is -0.636. The van der Waals surface area contributed by atoms with E-state index in [1.165, 1.54) is 12.1 Å². The van der Waals surface area contributed by atoms with Gasteiger partial charge in [0.15, 0.2) is 11.6 Å². The minimum absolute atomic E-state index is 0.127. The first-order valence-electron chi connectivity index (χ1n) is 8.84. The molecule has 1 aromatic carbocycles. The van der Waals surface area contributed by atoms with Gasteiger partial charge in [-0.2, -0.15) is 0 Å². The molecule has 0 heterocycles. The van der Waals surface area contributed by atoms with Gasteiger partial charge in [-0.1, -0.05) is 28.1 Å². The first kappa shape index (κ1) is 21.2. The Morgan fingerprint density at radius 2 is 1.96 bits per heavy atom. The van der Waals surface area contributed by atoms with Crippen LogP contribution in [0.3, 0.4) is 0 Å². The van der Waals surface area contributed by atoms with Gasteiger partial charge in [0.1, 0.15) is 5.60 Å². The molecule has 0 unspecified atom stereocenters. The second-order valence-corrected chi connectivity index (χ2v) is 8.43. The third-order valence-electron chi connectivity index (χ3n) is 3.91. The van der Waals surface area contributed by atoms with E-state index < -0.39 is 11.7 Å². The van der Waals surface area contributed by atoms with E-state index in [1.807, 2.05) is 24.3 Å². The van der Waals surface area contributed by atoms with Gasteiger partial charge in [0, 0.05) is 30.1 Å². The predicted octanol–water partition coefficient (Wildman–Crippen LogP) is 3.94. The Morgan fingerprint density at radius 1 is 1.26 bits per heavy atom. The van der Waals surface area contributed by atoms with Crippen LogP contribution in [0.15, 0.2) is 40.0 Å². The third kappa shape index (κ3) is 6.20. The molecule has 1 amide bonds. The van der Waals surface area contributed by atoms with Crippen LogP contribution in [-0.2, 0) is 20.7 Å². The SMILES string of the molecule is CN(NC1=C(C(=O)Cc2cccc(Br)c2)C(=O)CCC1)C(=O)OC(C)(C)C. The van der Waals surface area contributed by atoms with Crippen LogP contribution < -0.4 is 5.43 Å². The Morgan fingerprint density at radius 3 is 2.59 bits per heavy atom. The lowest BCUT2D eigenvalue weighted by Crippen LogP contribution is -2.44. The van der Waals surface area contributed by atoms with Crippen molar-refractivity contribution in [2.24, 2.45) is 0 Å². The molecule has 0 bridgehead atoms. The lowest BCUT2D eigenvalue weighted by atomic mass is 9.90. The van der Waals surface area contributed by atoms with Crippen molar-refractivity contribution in [2.75, 3.05) is 7.05 Å². The number of carbonyl (C=O) groups is 3. The van der Waals surface area contributed by atoms with Gasteiger partial charge >= 0.3 is 6.09 Å². The summed E-state index contributed by atoms with van der Waals surface area (Å²) in [6.07, 6.45) is 1.05. The summed E-state index contributed by atoms with van der Waals surface area (Å²) in [6, 6.07) is 7.42. The van der Waals surface area contributed by atoms with E-state index in [1.54, 1.807) is 20.8 Å². The number of amides is 1. The van der Waals surface area contributed by atoms with Crippen LogP contribution in [0.25, 0.3) is 0 Å². The van der Waals surface area contributed by atoms with Gasteiger partial charge in [0.2, 0.25) is 0 Å². The van der Waals surface area contributed by atoms with E-state index in [9.17, 15) is 14.4 Å². The second kappa shape index (κ2) is 8.69. The molecule has 0 saturated carbocycles. The molecule has 1 aromatic rings. The van der Waals surface area contributed by atoms with Crippen molar-refractivity contribution in [3.63, 3.8) is 0 Å². The van der Waals surface area contributed by atoms with Crippen LogP contribution in [-0.4, -0.2) is 35.3 Å². The number of nitrogens with one attached hydrogen (secondary N) is 1. The summed E-state index contributed by atoms with van der Waals surface area (Å²) in [7, 11) is 1.51. The molecule has 6 nitrogen and oxygen atoms in total. The highest BCUT2D eigenvalue weighted by atomic mass is 79.9. The van der Waals surface area contributed by atoms with Gasteiger partial charge in [-0.15, -0.1) is 0 Å². The number of benzene rings is 1. The highest BCUT2D eigenvalue weighted by molar-refractivity contribution is 9.10. The van der Waals surface area contributed by atoms with Crippen molar-refractivity contribution in [1.82, 2.24) is 10.4 Å². The Bertz CT molecular complexity index is 780. The van der Waals surface area contributed by atoms with Gasteiger partial charge < -0.3 is 4.74 Å². The molecule has 0 atom stereocenters. The van der Waals surface area contributed by atoms with E-state index in [2.05, 4.69) is 21.4 Å². The van der Waals surface area contributed by atoms with E-state index in [-0.39, 0.29) is 23.6 Å². The van der Waals surface area contributed by atoms with Crippen LogP contribution in [0.1, 0.15) is 45.6 Å². The average Bonchev–Trinajstić information content (AvgIpc) is 2.53. The number of rotatable bonds is 5. The van der Waals surface area contributed by atoms with E-state index in [0.717, 1.165) is 10.0 Å². The third-order valence-corrected chi connectivity index (χ3v) is 4.41. The number of allylic oxidation sites excluding steroid dienone is 2. The fourth-order valence-corrected chi connectivity index (χ4v) is 3.23. The molecule has 0 aromatic heterocycles. The van der Waals surface area contributed by atoms with E-state index in [0.29, 0.717) is 25.0 Å². The van der Waals surface area contributed by atoms with Crippen LogP contribution in [0.5, 0.6) is 0 Å². The molecule has 0 fully saturated rings. The number of nitrogens with zero attached hydrogens (tertiary/aromatic N) is 1. The Kier molecular flexibility index (Phi) is 6.81. The minimum Gasteiger partial charge on any atom is -0.442 e. The summed E-state index contributed by atoms with van der Waals surface area (Å²) < 4.78 is 6.17. The van der Waals surface area contributed by atoms with Gasteiger partial charge in [0.05, 0.1) is 5.57 Å². The van der Waals surface area contributed by atoms with Gasteiger partial charge in [-0.05, 0) is 51.3 Å². The molecular weight excluding hydrogens is 412 g/mol. The zero-order valence-corrected chi connectivity index (χ0v) is 17.7. The monoisotopic (exact) mass is 436 g/mol. The number of ether oxygens (including phenoxy) is 1. The maximum Gasteiger partial charge on any atom is 0.428 e. The largest absolute Gasteiger partial charge is 0.442 e. The van der Waals surface area contributed by atoms with E-state index in [4.69, 9.17) is 4.74 Å². The molecule has 1 aliphatic carbocycles. The normalized spacial score (nSPS) is 14.8. The smallest absolute Gasteiger partial charge is 0.428 e. The first-order chi connectivity index (χ1) is 12.6. The molecular formula is C20H25BrN2O4. The Balaban J connectivity index is 2.20. The Hall–Kier alpha value is -2.15. The number of carbonyl (C=O) groups excluding carboxylic acids is 3. The van der Waals surface area contributed by atoms with Crippen molar-refractivity contribution in [1.29, 1.82) is 0 Å². The van der Waals surface area contributed by atoms with Gasteiger partial charge in [0.25, 0.3) is 0 Å². The van der Waals surface area contributed by atoms with Crippen molar-refractivity contribution in [3.05, 3.63) is 45.6 Å². The maximum atomic E-state index is 12.8. The van der Waals surface area contributed by atoms with Crippen LogP contribution >= 0.6 is 15.9 Å². The van der Waals surface area contributed by atoms with Crippen molar-refractivity contribution < 1.29 is 19.1 Å². The summed E-state index contributed by atoms with van der Waals surface area (Å²) in [5, 5.41) is 1.17. The molecule has 1 N–H and O–H groups in total. The van der Waals surface area contributed by atoms with Gasteiger partial charge in [-0.3, -0.25) is 15.0 Å². The fraction of sp³-hybridized carbons (Fsp3) is 0.450. The average molecular weight is 437 g/mol. The van der Waals surface area contributed by atoms with Crippen LogP contribution in [0.4, 0.5) is 4.79 Å². The topological polar surface area (TPSA) is 75.7 Å². The quantitative estimate of drug-likeness (QED) is 0.558. The van der Waals surface area contributed by atoms with Crippen molar-refractivity contribution in [3.8, 4) is 0 Å². The van der Waals surface area contributed by atoms with Crippen LogP contribution in [0.2, 0.25) is 0 Å². The zero-order valence-electron chi connectivity index (χ0n) is 16.1. The molecule has 0 saturated heterocycles. The summed E-state index contributed by atoms with van der Waals surface area (Å²) in [4.78, 5) is 37.4. The molecule has 0 radical (unpaired) electrons. The molecule has 7 heteroatoms. The first-order valence-corrected chi connectivity index (χ1v) is 9.63. The summed E-state index contributed by atoms with van der Waals surface area (Å²) in [5.41, 5.74) is 3.69. The summed E-state index contributed by atoms with van der Waals surface area (Å²) in [5.74, 6) is -0.445. The maximum absolute atomic E-state index is 12.8. The molecule has 146 valence electrons. The zero-order chi connectivity index (χ0) is 20.2. The molecule has 27 heavy (non-hydrogen) atoms. The number of Topliss-reactive ketones (excluding diaryl/α,β-unsaturated/α-hetero) is 2. The van der Waals surface area contributed by atoms with Crippen molar-refractivity contribution >= 4 is 33.6 Å².